The zero-order valence-corrected chi connectivity index (χ0v) is 14.0. The van der Waals surface area contributed by atoms with E-state index in [0.717, 1.165) is 5.56 Å². The maximum atomic E-state index is 6.14. The summed E-state index contributed by atoms with van der Waals surface area (Å²) >= 11 is 12.1. The molecule has 2 rings (SSSR count). The number of halogens is 2. The highest BCUT2D eigenvalue weighted by Gasteiger charge is 2.31. The number of ether oxygens (including phenoxy) is 1. The second kappa shape index (κ2) is 8.35. The van der Waals surface area contributed by atoms with Gasteiger partial charge in [0, 0.05) is 6.61 Å². The molecule has 1 aromatic carbocycles. The van der Waals surface area contributed by atoms with Gasteiger partial charge in [0.2, 0.25) is 0 Å². The third-order valence-corrected chi connectivity index (χ3v) is 5.02. The Kier molecular flexibility index (Phi) is 6.77. The number of nitrogens with two attached hydrogens (primary N) is 1. The van der Waals surface area contributed by atoms with Crippen molar-refractivity contribution < 1.29 is 4.74 Å². The second-order valence-corrected chi connectivity index (χ2v) is 6.45. The van der Waals surface area contributed by atoms with Crippen molar-refractivity contribution in [2.24, 2.45) is 11.8 Å². The van der Waals surface area contributed by atoms with Crippen molar-refractivity contribution in [3.05, 3.63) is 33.8 Å². The first-order valence-corrected chi connectivity index (χ1v) is 8.45. The van der Waals surface area contributed by atoms with Gasteiger partial charge in [-0.15, -0.1) is 0 Å². The third-order valence-electron chi connectivity index (χ3n) is 4.28. The van der Waals surface area contributed by atoms with Crippen molar-refractivity contribution in [1.29, 1.82) is 0 Å². The molecule has 1 aromatic rings. The summed E-state index contributed by atoms with van der Waals surface area (Å²) < 4.78 is 6.04. The van der Waals surface area contributed by atoms with Gasteiger partial charge in [-0.3, -0.25) is 11.3 Å². The third kappa shape index (κ3) is 4.33. The van der Waals surface area contributed by atoms with Crippen molar-refractivity contribution in [3.63, 3.8) is 0 Å². The molecule has 118 valence electrons. The smallest absolute Gasteiger partial charge is 0.0810 e. The molecule has 5 heteroatoms. The predicted octanol–water partition coefficient (Wildman–Crippen LogP) is 4.48. The quantitative estimate of drug-likeness (QED) is 0.597. The molecule has 2 unspecified atom stereocenters. The first-order valence-electron chi connectivity index (χ1n) is 7.70. The summed E-state index contributed by atoms with van der Waals surface area (Å²) in [7, 11) is 0. The van der Waals surface area contributed by atoms with Crippen LogP contribution in [0.4, 0.5) is 0 Å². The Bertz CT molecular complexity index is 450. The Balaban J connectivity index is 2.23. The fourth-order valence-corrected chi connectivity index (χ4v) is 3.55. The zero-order chi connectivity index (χ0) is 15.2. The van der Waals surface area contributed by atoms with E-state index in [1.807, 2.05) is 25.1 Å². The van der Waals surface area contributed by atoms with Crippen LogP contribution in [-0.4, -0.2) is 12.7 Å². The molecule has 3 nitrogen and oxygen atoms in total. The van der Waals surface area contributed by atoms with Crippen LogP contribution < -0.4 is 11.3 Å². The highest BCUT2D eigenvalue weighted by molar-refractivity contribution is 6.42. The van der Waals surface area contributed by atoms with Gasteiger partial charge < -0.3 is 4.74 Å². The average Bonchev–Trinajstić information content (AvgIpc) is 2.51. The van der Waals surface area contributed by atoms with E-state index in [1.54, 1.807) is 0 Å². The van der Waals surface area contributed by atoms with Crippen molar-refractivity contribution >= 4 is 23.2 Å². The summed E-state index contributed by atoms with van der Waals surface area (Å²) in [5, 5.41) is 1.11. The fraction of sp³-hybridized carbons (Fsp3) is 0.625. The van der Waals surface area contributed by atoms with Crippen LogP contribution in [0.3, 0.4) is 0 Å². The molecule has 2 atom stereocenters. The summed E-state index contributed by atoms with van der Waals surface area (Å²) in [6.07, 6.45) is 6.33. The highest BCUT2D eigenvalue weighted by Crippen LogP contribution is 2.35. The first kappa shape index (κ1) is 17.0. The number of benzene rings is 1. The predicted molar refractivity (Wildman–Crippen MR) is 88.5 cm³/mol. The summed E-state index contributed by atoms with van der Waals surface area (Å²) in [6.45, 7) is 2.71. The van der Waals surface area contributed by atoms with Gasteiger partial charge in [0.15, 0.2) is 0 Å². The van der Waals surface area contributed by atoms with E-state index in [1.165, 1.54) is 32.1 Å². The fourth-order valence-electron chi connectivity index (χ4n) is 3.25. The van der Waals surface area contributed by atoms with Gasteiger partial charge >= 0.3 is 0 Å². The van der Waals surface area contributed by atoms with E-state index < -0.39 is 0 Å². The summed E-state index contributed by atoms with van der Waals surface area (Å²) in [5.74, 6) is 6.36. The summed E-state index contributed by atoms with van der Waals surface area (Å²) in [6, 6.07) is 5.59. The molecule has 21 heavy (non-hydrogen) atoms. The van der Waals surface area contributed by atoms with Gasteiger partial charge in [-0.25, -0.2) is 0 Å². The van der Waals surface area contributed by atoms with E-state index in [-0.39, 0.29) is 12.1 Å². The lowest BCUT2D eigenvalue weighted by Crippen LogP contribution is -2.42. The van der Waals surface area contributed by atoms with Gasteiger partial charge in [-0.1, -0.05) is 48.5 Å². The number of nitrogens with one attached hydrogen (secondary N) is 1. The summed E-state index contributed by atoms with van der Waals surface area (Å²) in [5.41, 5.74) is 3.94. The largest absolute Gasteiger partial charge is 0.376 e. The molecule has 0 radical (unpaired) electrons. The van der Waals surface area contributed by atoms with Crippen LogP contribution in [0, 0.1) is 5.92 Å². The van der Waals surface area contributed by atoms with Crippen LogP contribution >= 0.6 is 23.2 Å². The number of hydrogen-bond acceptors (Lipinski definition) is 3. The second-order valence-electron chi connectivity index (χ2n) is 5.64. The molecular weight excluding hydrogens is 307 g/mol. The molecule has 0 bridgehead atoms. The molecule has 0 amide bonds. The molecule has 1 aliphatic carbocycles. The van der Waals surface area contributed by atoms with E-state index >= 15 is 0 Å². The topological polar surface area (TPSA) is 47.3 Å². The van der Waals surface area contributed by atoms with Crippen LogP contribution in [0.25, 0.3) is 0 Å². The summed E-state index contributed by atoms with van der Waals surface area (Å²) in [4.78, 5) is 0. The van der Waals surface area contributed by atoms with Crippen molar-refractivity contribution in [2.45, 2.75) is 51.2 Å². The first-order chi connectivity index (χ1) is 10.2. The van der Waals surface area contributed by atoms with Gasteiger partial charge in [-0.2, -0.15) is 0 Å². The Labute approximate surface area is 137 Å². The van der Waals surface area contributed by atoms with Crippen LogP contribution in [0.1, 0.15) is 50.6 Å². The monoisotopic (exact) mass is 330 g/mol. The minimum atomic E-state index is -0.0668. The van der Waals surface area contributed by atoms with Crippen LogP contribution in [0.15, 0.2) is 18.2 Å². The molecule has 0 spiro atoms. The van der Waals surface area contributed by atoms with Gasteiger partial charge in [0.05, 0.1) is 22.2 Å². The maximum Gasteiger partial charge on any atom is 0.0810 e. The van der Waals surface area contributed by atoms with Crippen molar-refractivity contribution in [1.82, 2.24) is 5.43 Å². The SMILES string of the molecule is CCOC(C1CCCCC1)C(NN)c1ccc(Cl)c(Cl)c1. The Morgan fingerprint density at radius 1 is 1.24 bits per heavy atom. The average molecular weight is 331 g/mol. The van der Waals surface area contributed by atoms with Gasteiger partial charge in [0.1, 0.15) is 0 Å². The number of hydrogen-bond donors (Lipinski definition) is 2. The van der Waals surface area contributed by atoms with E-state index in [9.17, 15) is 0 Å². The Hall–Kier alpha value is -0.320. The van der Waals surface area contributed by atoms with E-state index in [4.69, 9.17) is 33.8 Å². The van der Waals surface area contributed by atoms with E-state index in [2.05, 4.69) is 5.43 Å². The van der Waals surface area contributed by atoms with Crippen molar-refractivity contribution in [3.8, 4) is 0 Å². The molecule has 1 saturated carbocycles. The Morgan fingerprint density at radius 2 is 1.95 bits per heavy atom. The van der Waals surface area contributed by atoms with Crippen molar-refractivity contribution in [2.75, 3.05) is 6.61 Å². The van der Waals surface area contributed by atoms with Crippen LogP contribution in [-0.2, 0) is 4.74 Å². The molecule has 0 heterocycles. The van der Waals surface area contributed by atoms with Gasteiger partial charge in [0.25, 0.3) is 0 Å². The standard InChI is InChI=1S/C16H24Cl2N2O/c1-2-21-16(11-6-4-3-5-7-11)15(20-19)12-8-9-13(17)14(18)10-12/h8-11,15-16,20H,2-7,19H2,1H3. The molecule has 0 aromatic heterocycles. The minimum Gasteiger partial charge on any atom is -0.376 e. The molecule has 0 aliphatic heterocycles. The lowest BCUT2D eigenvalue weighted by atomic mass is 9.81. The minimum absolute atomic E-state index is 0.0668. The molecule has 3 N–H and O–H groups in total. The molecule has 1 fully saturated rings. The Morgan fingerprint density at radius 3 is 2.52 bits per heavy atom. The number of rotatable bonds is 6. The molecule has 1 aliphatic rings. The van der Waals surface area contributed by atoms with Crippen LogP contribution in [0.2, 0.25) is 10.0 Å². The van der Waals surface area contributed by atoms with Crippen LogP contribution in [0.5, 0.6) is 0 Å². The highest BCUT2D eigenvalue weighted by atomic mass is 35.5. The number of hydrazine groups is 1. The van der Waals surface area contributed by atoms with E-state index in [0.29, 0.717) is 22.6 Å². The molecule has 0 saturated heterocycles. The van der Waals surface area contributed by atoms with Gasteiger partial charge in [-0.05, 0) is 43.4 Å². The maximum absolute atomic E-state index is 6.14. The molecular formula is C16H24Cl2N2O. The lowest BCUT2D eigenvalue weighted by molar-refractivity contribution is -0.0184. The normalized spacial score (nSPS) is 19.4. The lowest BCUT2D eigenvalue weighted by Gasteiger charge is -2.35. The zero-order valence-electron chi connectivity index (χ0n) is 12.4.